The molecule has 0 amide bonds. The number of aryl methyl sites for hydroxylation is 1. The number of hydrogen-bond donors (Lipinski definition) is 7. The Morgan fingerprint density at radius 2 is 1.65 bits per heavy atom. The van der Waals surface area contributed by atoms with Gasteiger partial charge in [-0.3, -0.25) is 0 Å². The molecule has 55 heavy (non-hydrogen) atoms. The molecular weight excluding hydrogens is 743 g/mol. The van der Waals surface area contributed by atoms with Gasteiger partial charge in [-0.15, -0.1) is 0 Å². The minimum absolute atomic E-state index is 0.0341. The molecule has 2 aliphatic carbocycles. The zero-order valence-electron chi connectivity index (χ0n) is 32.8. The number of ether oxygens (including phenoxy) is 4. The molecule has 13 heteroatoms. The monoisotopic (exact) mass is 805 g/mol. The van der Waals surface area contributed by atoms with Crippen LogP contribution in [-0.2, 0) is 17.6 Å². The van der Waals surface area contributed by atoms with Gasteiger partial charge in [-0.2, -0.15) is 0 Å². The largest absolute Gasteiger partial charge is 0.504 e. The van der Waals surface area contributed by atoms with Crippen LogP contribution in [0.4, 0.5) is 0 Å². The Balaban J connectivity index is 1.40. The Morgan fingerprint density at radius 1 is 0.891 bits per heavy atom. The van der Waals surface area contributed by atoms with E-state index in [0.717, 1.165) is 43.4 Å². The minimum atomic E-state index is -0.997. The normalized spacial score (nSPS) is 30.7. The standard InChI is InChI=1S/C42H63NO10S2/c1-25-6-5-7-27(14-25)32-19-31(11-9-29(32)22-43-2)53-38-18-28-8-10-30(52-24-45)20-35(46)34(15-26-16-39(50-3)42(49)40(17-26)51-4)37(48)23-54-55-41(12-13-44)33(28)21-36(38)47/h5,7,16-18,21,25,27,29-32,34-35,37,41,43-49H,6,8-15,19-20,22-24H2,1-4H3/t25-,27+,29-,30+,31+,32+,34+,35-,37+,41+/m1/s1. The number of phenolic OH excluding ortho intramolecular Hbond substituents is 2. The molecule has 2 aromatic rings. The van der Waals surface area contributed by atoms with Crippen LogP contribution in [0.5, 0.6) is 28.7 Å². The molecule has 308 valence electrons. The first-order valence-corrected chi connectivity index (χ1v) is 22.2. The summed E-state index contributed by atoms with van der Waals surface area (Å²) >= 11 is 0. The van der Waals surface area contributed by atoms with Crippen molar-refractivity contribution >= 4 is 21.6 Å². The second-order valence-corrected chi connectivity index (χ2v) is 18.3. The molecular formula is C42H63NO10S2. The number of aromatic hydroxyl groups is 2. The third kappa shape index (κ3) is 11.6. The minimum Gasteiger partial charge on any atom is -0.504 e. The smallest absolute Gasteiger partial charge is 0.200 e. The number of phenols is 2. The summed E-state index contributed by atoms with van der Waals surface area (Å²) in [5, 5.41) is 68.5. The second kappa shape index (κ2) is 21.4. The highest BCUT2D eigenvalue weighted by Gasteiger charge is 2.37. The lowest BCUT2D eigenvalue weighted by Gasteiger charge is -2.41. The van der Waals surface area contributed by atoms with Gasteiger partial charge in [0.25, 0.3) is 0 Å². The Labute approximate surface area is 334 Å². The average Bonchev–Trinajstić information content (AvgIpc) is 3.17. The lowest BCUT2D eigenvalue weighted by molar-refractivity contribution is -0.0808. The first-order chi connectivity index (χ1) is 26.6. The Bertz CT molecular complexity index is 1500. The summed E-state index contributed by atoms with van der Waals surface area (Å²) < 4.78 is 23.2. The highest BCUT2D eigenvalue weighted by atomic mass is 33.1. The average molecular weight is 806 g/mol. The SMILES string of the molecule is CNC[C@H]1CC[C@H](Oc2cc3c(cc2O)[C@H](CCO)SSC[C@H](O)[C@@H](Cc2cc(OC)c(O)c(OC)c2)[C@H](O)C[C@@H](OCO)CC3)C[C@H]1[C@H]1C=CC[C@@H](C)C1. The Kier molecular flexibility index (Phi) is 17.0. The molecule has 2 aromatic carbocycles. The van der Waals surface area contributed by atoms with Gasteiger partial charge in [0.1, 0.15) is 6.79 Å². The molecule has 0 saturated heterocycles. The summed E-state index contributed by atoms with van der Waals surface area (Å²) in [5.41, 5.74) is 2.53. The van der Waals surface area contributed by atoms with Gasteiger partial charge in [-0.25, -0.2) is 0 Å². The van der Waals surface area contributed by atoms with E-state index < -0.39 is 31.0 Å². The Hall–Kier alpha value is -2.36. The van der Waals surface area contributed by atoms with E-state index in [0.29, 0.717) is 54.2 Å². The van der Waals surface area contributed by atoms with Gasteiger partial charge in [0.2, 0.25) is 5.75 Å². The van der Waals surface area contributed by atoms with Crippen LogP contribution in [0.15, 0.2) is 36.4 Å². The third-order valence-electron chi connectivity index (χ3n) is 11.8. The number of rotatable bonds is 13. The number of allylic oxidation sites excluding steroid dienone is 2. The van der Waals surface area contributed by atoms with Crippen LogP contribution < -0.4 is 19.5 Å². The number of benzene rings is 2. The van der Waals surface area contributed by atoms with Crippen LogP contribution in [0, 0.1) is 29.6 Å². The van der Waals surface area contributed by atoms with Gasteiger partial charge < -0.3 is 54.9 Å². The number of methoxy groups -OCH3 is 2. The van der Waals surface area contributed by atoms with E-state index in [4.69, 9.17) is 18.9 Å². The van der Waals surface area contributed by atoms with E-state index in [1.807, 2.05) is 13.1 Å². The van der Waals surface area contributed by atoms with Crippen LogP contribution >= 0.6 is 21.6 Å². The molecule has 3 aliphatic rings. The number of aliphatic hydroxyl groups is 4. The number of hydrogen-bond acceptors (Lipinski definition) is 13. The van der Waals surface area contributed by atoms with Gasteiger partial charge in [-0.05, 0) is 142 Å². The molecule has 0 spiro atoms. The summed E-state index contributed by atoms with van der Waals surface area (Å²) in [7, 11) is 7.90. The summed E-state index contributed by atoms with van der Waals surface area (Å²) in [6.45, 7) is 2.72. The fourth-order valence-electron chi connectivity index (χ4n) is 8.92. The van der Waals surface area contributed by atoms with Gasteiger partial charge in [-0.1, -0.05) is 40.7 Å². The lowest BCUT2D eigenvalue weighted by Crippen LogP contribution is -2.39. The molecule has 1 aliphatic heterocycles. The van der Waals surface area contributed by atoms with E-state index in [-0.39, 0.29) is 59.6 Å². The summed E-state index contributed by atoms with van der Waals surface area (Å²) in [5.74, 6) is 2.72. The van der Waals surface area contributed by atoms with Crippen LogP contribution in [0.2, 0.25) is 0 Å². The van der Waals surface area contributed by atoms with Gasteiger partial charge in [0.05, 0.1) is 38.6 Å². The predicted octanol–water partition coefficient (Wildman–Crippen LogP) is 6.16. The molecule has 1 saturated carbocycles. The molecule has 1 fully saturated rings. The second-order valence-electron chi connectivity index (χ2n) is 15.6. The van der Waals surface area contributed by atoms with Crippen molar-refractivity contribution in [2.75, 3.05) is 47.0 Å². The maximum Gasteiger partial charge on any atom is 0.200 e. The van der Waals surface area contributed by atoms with E-state index in [2.05, 4.69) is 24.4 Å². The fourth-order valence-corrected chi connectivity index (χ4v) is 11.8. The van der Waals surface area contributed by atoms with Crippen molar-refractivity contribution in [1.82, 2.24) is 5.32 Å². The molecule has 7 N–H and O–H groups in total. The predicted molar refractivity (Wildman–Crippen MR) is 218 cm³/mol. The zero-order chi connectivity index (χ0) is 39.5. The van der Waals surface area contributed by atoms with Crippen molar-refractivity contribution in [3.63, 3.8) is 0 Å². The van der Waals surface area contributed by atoms with Crippen molar-refractivity contribution in [3.8, 4) is 28.7 Å². The van der Waals surface area contributed by atoms with Gasteiger partial charge in [0.15, 0.2) is 23.0 Å². The first kappa shape index (κ1) is 43.8. The van der Waals surface area contributed by atoms with Gasteiger partial charge >= 0.3 is 0 Å². The van der Waals surface area contributed by atoms with Crippen molar-refractivity contribution in [2.24, 2.45) is 29.6 Å². The summed E-state index contributed by atoms with van der Waals surface area (Å²) in [6.07, 6.45) is 9.25. The van der Waals surface area contributed by atoms with Crippen molar-refractivity contribution < 1.29 is 49.6 Å². The zero-order valence-corrected chi connectivity index (χ0v) is 34.4. The quantitative estimate of drug-likeness (QED) is 0.0699. The van der Waals surface area contributed by atoms with Gasteiger partial charge in [0, 0.05) is 23.5 Å². The topological polar surface area (TPSA) is 170 Å². The van der Waals surface area contributed by atoms with Crippen molar-refractivity contribution in [1.29, 1.82) is 0 Å². The maximum atomic E-state index is 11.7. The fraction of sp³-hybridized carbons (Fsp3) is 0.667. The lowest BCUT2D eigenvalue weighted by atomic mass is 9.67. The van der Waals surface area contributed by atoms with E-state index in [1.165, 1.54) is 42.2 Å². The van der Waals surface area contributed by atoms with Crippen LogP contribution in [0.25, 0.3) is 0 Å². The number of nitrogens with one attached hydrogen (secondary N) is 1. The number of aliphatic hydroxyl groups excluding tert-OH is 4. The highest BCUT2D eigenvalue weighted by Crippen LogP contribution is 2.48. The molecule has 5 rings (SSSR count). The van der Waals surface area contributed by atoms with E-state index in [1.54, 1.807) is 18.2 Å². The first-order valence-electron chi connectivity index (χ1n) is 19.8. The number of fused-ring (bicyclic) bond motifs is 1. The molecule has 11 nitrogen and oxygen atoms in total. The Morgan fingerprint density at radius 3 is 2.33 bits per heavy atom. The van der Waals surface area contributed by atoms with Crippen molar-refractivity contribution in [2.45, 2.75) is 101 Å². The van der Waals surface area contributed by atoms with Crippen LogP contribution in [0.1, 0.15) is 80.2 Å². The van der Waals surface area contributed by atoms with Crippen LogP contribution in [0.3, 0.4) is 0 Å². The summed E-state index contributed by atoms with van der Waals surface area (Å²) in [6, 6.07) is 7.05. The van der Waals surface area contributed by atoms with E-state index in [9.17, 15) is 30.6 Å². The molecule has 0 bridgehead atoms. The van der Waals surface area contributed by atoms with E-state index >= 15 is 0 Å². The molecule has 10 atom stereocenters. The molecule has 0 unspecified atom stereocenters. The molecule has 0 aromatic heterocycles. The molecule has 0 radical (unpaired) electrons. The van der Waals surface area contributed by atoms with Crippen molar-refractivity contribution in [3.05, 3.63) is 53.1 Å². The highest BCUT2D eigenvalue weighted by molar-refractivity contribution is 8.76. The molecule has 1 heterocycles. The third-order valence-corrected chi connectivity index (χ3v) is 14.7. The summed E-state index contributed by atoms with van der Waals surface area (Å²) in [4.78, 5) is 0. The maximum absolute atomic E-state index is 11.7. The van der Waals surface area contributed by atoms with Crippen LogP contribution in [-0.4, -0.2) is 102 Å².